The summed E-state index contributed by atoms with van der Waals surface area (Å²) in [4.78, 5) is 15.9. The zero-order chi connectivity index (χ0) is 22.7. The van der Waals surface area contributed by atoms with Crippen LogP contribution in [0, 0.1) is 23.7 Å². The van der Waals surface area contributed by atoms with Gasteiger partial charge in [-0.15, -0.1) is 6.42 Å². The van der Waals surface area contributed by atoms with Crippen LogP contribution in [0.15, 0.2) is 42.5 Å². The van der Waals surface area contributed by atoms with Crippen LogP contribution in [0.4, 0.5) is 24.5 Å². The maximum atomic E-state index is 13.3. The summed E-state index contributed by atoms with van der Waals surface area (Å²) in [5, 5.41) is 8.97. The average Bonchev–Trinajstić information content (AvgIpc) is 2.72. The second-order valence-corrected chi connectivity index (χ2v) is 7.14. The van der Waals surface area contributed by atoms with Gasteiger partial charge in [-0.05, 0) is 56.3 Å². The summed E-state index contributed by atoms with van der Waals surface area (Å²) >= 11 is 4.93. The number of carbonyl (C=O) groups excluding carboxylic acids is 1. The van der Waals surface area contributed by atoms with Gasteiger partial charge < -0.3 is 4.90 Å². The summed E-state index contributed by atoms with van der Waals surface area (Å²) in [7, 11) is 1.68. The average molecular weight is 429 g/mol. The van der Waals surface area contributed by atoms with Gasteiger partial charge in [-0.2, -0.15) is 18.4 Å². The van der Waals surface area contributed by atoms with E-state index in [0.29, 0.717) is 11.3 Å². The fourth-order valence-corrected chi connectivity index (χ4v) is 3.00. The molecule has 0 fully saturated rings. The number of terminal acetylenes is 1. The number of likely N-dealkylation sites (N-methyl/N-ethyl adjacent to an activating group) is 1. The molecule has 8 heteroatoms. The maximum Gasteiger partial charge on any atom is 0.417 e. The third kappa shape index (κ3) is 4.45. The van der Waals surface area contributed by atoms with Gasteiger partial charge in [-0.1, -0.05) is 18.1 Å². The molecule has 0 saturated carbocycles. The number of benzene rings is 2. The lowest BCUT2D eigenvalue weighted by molar-refractivity contribution is -0.137. The van der Waals surface area contributed by atoms with E-state index in [1.165, 1.54) is 12.1 Å². The molecule has 154 valence electrons. The van der Waals surface area contributed by atoms with E-state index >= 15 is 0 Å². The van der Waals surface area contributed by atoms with Gasteiger partial charge in [0.25, 0.3) is 5.91 Å². The number of nitrogens with zero attached hydrogens (tertiary/aromatic N) is 3. The van der Waals surface area contributed by atoms with Crippen LogP contribution in [0.2, 0.25) is 0 Å². The molecule has 0 aliphatic carbocycles. The highest BCUT2D eigenvalue weighted by Gasteiger charge is 2.38. The maximum absolute atomic E-state index is 13.3. The molecule has 0 N–H and O–H groups in total. The van der Waals surface area contributed by atoms with Gasteiger partial charge in [0.2, 0.25) is 0 Å². The molecule has 0 heterocycles. The van der Waals surface area contributed by atoms with Gasteiger partial charge >= 0.3 is 6.18 Å². The van der Waals surface area contributed by atoms with Crippen molar-refractivity contribution in [3.8, 4) is 18.4 Å². The number of halogens is 3. The largest absolute Gasteiger partial charge is 0.417 e. The van der Waals surface area contributed by atoms with Crippen LogP contribution in [0.5, 0.6) is 0 Å². The Bertz CT molecular complexity index is 1050. The number of thiocarbonyl (C=S) groups is 1. The van der Waals surface area contributed by atoms with Crippen LogP contribution in [-0.2, 0) is 11.0 Å². The smallest absolute Gasteiger partial charge is 0.361 e. The molecule has 0 unspecified atom stereocenters. The molecule has 0 bridgehead atoms. The highest BCUT2D eigenvalue weighted by Crippen LogP contribution is 2.35. The lowest BCUT2D eigenvalue weighted by atomic mass is 9.99. The van der Waals surface area contributed by atoms with Gasteiger partial charge in [-0.3, -0.25) is 9.69 Å². The van der Waals surface area contributed by atoms with Gasteiger partial charge in [0.15, 0.2) is 0 Å². The number of anilines is 2. The SMILES string of the molecule is C#Cc1ccc(N(C)C(C)(C)C(=O)N(C=S)c2ccc(C#N)c(C(F)(F)F)c2)cc1. The Labute approximate surface area is 178 Å². The summed E-state index contributed by atoms with van der Waals surface area (Å²) in [6.07, 6.45) is 0.608. The molecule has 2 aromatic rings. The van der Waals surface area contributed by atoms with E-state index in [-0.39, 0.29) is 5.69 Å². The number of carbonyl (C=O) groups is 1. The van der Waals surface area contributed by atoms with Crippen molar-refractivity contribution in [2.24, 2.45) is 0 Å². The Kier molecular flexibility index (Phi) is 6.54. The van der Waals surface area contributed by atoms with E-state index in [4.69, 9.17) is 23.9 Å². The number of nitriles is 1. The number of amides is 1. The molecule has 1 amide bonds. The predicted molar refractivity (Wildman–Crippen MR) is 114 cm³/mol. The fourth-order valence-electron chi connectivity index (χ4n) is 2.78. The van der Waals surface area contributed by atoms with Crippen LogP contribution >= 0.6 is 12.2 Å². The highest BCUT2D eigenvalue weighted by atomic mass is 32.1. The first-order valence-corrected chi connectivity index (χ1v) is 9.15. The van der Waals surface area contributed by atoms with Crippen LogP contribution in [0.1, 0.15) is 30.5 Å². The lowest BCUT2D eigenvalue weighted by Crippen LogP contribution is -2.55. The predicted octanol–water partition coefficient (Wildman–Crippen LogP) is 4.76. The van der Waals surface area contributed by atoms with Crippen LogP contribution in [0.3, 0.4) is 0 Å². The molecule has 0 radical (unpaired) electrons. The fraction of sp³-hybridized carbons (Fsp3) is 0.227. The quantitative estimate of drug-likeness (QED) is 0.508. The molecule has 0 saturated heterocycles. The molecule has 30 heavy (non-hydrogen) atoms. The van der Waals surface area contributed by atoms with E-state index in [1.807, 2.05) is 0 Å². The Balaban J connectivity index is 2.44. The second-order valence-electron chi connectivity index (χ2n) is 6.93. The van der Waals surface area contributed by atoms with E-state index in [1.54, 1.807) is 50.1 Å². The molecule has 4 nitrogen and oxygen atoms in total. The van der Waals surface area contributed by atoms with Crippen molar-refractivity contribution in [3.05, 3.63) is 59.2 Å². The van der Waals surface area contributed by atoms with Crippen molar-refractivity contribution < 1.29 is 18.0 Å². The molecule has 0 aliphatic rings. The van der Waals surface area contributed by atoms with Gasteiger partial charge in [0.1, 0.15) is 5.54 Å². The summed E-state index contributed by atoms with van der Waals surface area (Å²) in [6, 6.07) is 11.5. The minimum atomic E-state index is -4.75. The van der Waals surface area contributed by atoms with E-state index < -0.39 is 28.7 Å². The lowest BCUT2D eigenvalue weighted by Gasteiger charge is -2.38. The zero-order valence-electron chi connectivity index (χ0n) is 16.5. The molecule has 0 aromatic heterocycles. The summed E-state index contributed by atoms with van der Waals surface area (Å²) in [5.41, 5.74) is -0.562. The van der Waals surface area contributed by atoms with E-state index in [9.17, 15) is 18.0 Å². The van der Waals surface area contributed by atoms with Crippen molar-refractivity contribution in [2.45, 2.75) is 25.6 Å². The summed E-state index contributed by atoms with van der Waals surface area (Å²) in [5.74, 6) is 1.96. The summed E-state index contributed by atoms with van der Waals surface area (Å²) < 4.78 is 39.9. The summed E-state index contributed by atoms with van der Waals surface area (Å²) in [6.45, 7) is 3.26. The van der Waals surface area contributed by atoms with Crippen molar-refractivity contribution in [1.82, 2.24) is 0 Å². The molecule has 0 atom stereocenters. The van der Waals surface area contributed by atoms with Crippen LogP contribution < -0.4 is 9.80 Å². The minimum absolute atomic E-state index is 0.0783. The Morgan fingerprint density at radius 2 is 1.70 bits per heavy atom. The molecular weight excluding hydrogens is 411 g/mol. The van der Waals surface area contributed by atoms with Crippen molar-refractivity contribution in [2.75, 3.05) is 16.8 Å². The molecular formula is C22H18F3N3OS. The Hall–Kier alpha value is -3.36. The Morgan fingerprint density at radius 1 is 1.13 bits per heavy atom. The van der Waals surface area contributed by atoms with Crippen LogP contribution in [-0.4, -0.2) is 24.0 Å². The van der Waals surface area contributed by atoms with Gasteiger partial charge in [0, 0.05) is 24.0 Å². The first-order valence-electron chi connectivity index (χ1n) is 8.68. The number of hydrogen-bond acceptors (Lipinski definition) is 4. The standard InChI is InChI=1S/C22H18F3N3OS/c1-5-15-6-9-17(10-7-15)27(4)21(2,3)20(29)28(14-30)18-11-8-16(13-26)19(12-18)22(23,24)25/h1,6-12,14H,2-4H3. The van der Waals surface area contributed by atoms with Crippen molar-refractivity contribution in [1.29, 1.82) is 5.26 Å². The molecule has 2 rings (SSSR count). The van der Waals surface area contributed by atoms with E-state index in [0.717, 1.165) is 22.5 Å². The molecule has 0 spiro atoms. The number of alkyl halides is 3. The zero-order valence-corrected chi connectivity index (χ0v) is 17.3. The monoisotopic (exact) mass is 429 g/mol. The van der Waals surface area contributed by atoms with E-state index in [2.05, 4.69) is 5.92 Å². The van der Waals surface area contributed by atoms with Crippen LogP contribution in [0.25, 0.3) is 0 Å². The topological polar surface area (TPSA) is 47.3 Å². The second kappa shape index (κ2) is 8.56. The first kappa shape index (κ1) is 22.9. The third-order valence-corrected chi connectivity index (χ3v) is 5.03. The molecule has 0 aliphatic heterocycles. The van der Waals surface area contributed by atoms with Crippen molar-refractivity contribution in [3.63, 3.8) is 0 Å². The third-order valence-electron chi connectivity index (χ3n) is 4.81. The van der Waals surface area contributed by atoms with Crippen molar-refractivity contribution >= 4 is 35.0 Å². The normalized spacial score (nSPS) is 11.2. The first-order chi connectivity index (χ1) is 14.0. The number of hydrogen-bond donors (Lipinski definition) is 0. The highest BCUT2D eigenvalue weighted by molar-refractivity contribution is 7.79. The van der Waals surface area contributed by atoms with Gasteiger partial charge in [0.05, 0.1) is 22.7 Å². The molecule has 2 aromatic carbocycles. The van der Waals surface area contributed by atoms with Gasteiger partial charge in [-0.25, -0.2) is 0 Å². The minimum Gasteiger partial charge on any atom is -0.361 e. The Morgan fingerprint density at radius 3 is 2.17 bits per heavy atom. The number of rotatable bonds is 5.